The standard InChI is InChI=1S/C21H25N3O2S/c1-24(15-13-17-7-10-20(11-8-17)23-27(2,25)26)16-14-19-12-9-18-5-3-4-6-21(18)22-19/h3-12,23H,13-16H2,1-2H3. The Kier molecular flexibility index (Phi) is 6.08. The molecule has 0 unspecified atom stereocenters. The number of hydrogen-bond donors (Lipinski definition) is 1. The van der Waals surface area contributed by atoms with E-state index in [0.717, 1.165) is 43.4 Å². The summed E-state index contributed by atoms with van der Waals surface area (Å²) >= 11 is 0. The summed E-state index contributed by atoms with van der Waals surface area (Å²) in [5.41, 5.74) is 3.93. The van der Waals surface area contributed by atoms with Gasteiger partial charge in [-0.2, -0.15) is 0 Å². The lowest BCUT2D eigenvalue weighted by Gasteiger charge is -2.16. The summed E-state index contributed by atoms with van der Waals surface area (Å²) in [6.45, 7) is 1.88. The van der Waals surface area contributed by atoms with E-state index in [1.807, 2.05) is 30.3 Å². The number of sulfonamides is 1. The Morgan fingerprint density at radius 3 is 2.37 bits per heavy atom. The van der Waals surface area contributed by atoms with Crippen molar-refractivity contribution in [2.45, 2.75) is 12.8 Å². The van der Waals surface area contributed by atoms with Crippen LogP contribution in [0.1, 0.15) is 11.3 Å². The topological polar surface area (TPSA) is 62.3 Å². The van der Waals surface area contributed by atoms with Crippen molar-refractivity contribution < 1.29 is 8.42 Å². The number of para-hydroxylation sites is 1. The molecule has 0 bridgehead atoms. The van der Waals surface area contributed by atoms with Gasteiger partial charge in [-0.15, -0.1) is 0 Å². The summed E-state index contributed by atoms with van der Waals surface area (Å²) in [6, 6.07) is 19.9. The van der Waals surface area contributed by atoms with Crippen LogP contribution in [0.15, 0.2) is 60.7 Å². The van der Waals surface area contributed by atoms with Crippen molar-refractivity contribution in [3.8, 4) is 0 Å². The average molecular weight is 384 g/mol. The van der Waals surface area contributed by atoms with Gasteiger partial charge in [0.25, 0.3) is 0 Å². The zero-order chi connectivity index (χ0) is 19.3. The number of hydrogen-bond acceptors (Lipinski definition) is 4. The molecule has 0 radical (unpaired) electrons. The third-order valence-corrected chi connectivity index (χ3v) is 5.05. The van der Waals surface area contributed by atoms with E-state index >= 15 is 0 Å². The second-order valence-electron chi connectivity index (χ2n) is 6.87. The molecule has 0 atom stereocenters. The SMILES string of the molecule is CN(CCc1ccc(NS(C)(=O)=O)cc1)CCc1ccc2ccccc2n1. The van der Waals surface area contributed by atoms with Crippen LogP contribution in [0.25, 0.3) is 10.9 Å². The van der Waals surface area contributed by atoms with Gasteiger partial charge < -0.3 is 4.90 Å². The molecule has 3 rings (SSSR count). The molecule has 2 aromatic carbocycles. The molecule has 1 N–H and O–H groups in total. The quantitative estimate of drug-likeness (QED) is 0.648. The fourth-order valence-electron chi connectivity index (χ4n) is 2.94. The summed E-state index contributed by atoms with van der Waals surface area (Å²) in [5.74, 6) is 0. The molecule has 3 aromatic rings. The summed E-state index contributed by atoms with van der Waals surface area (Å²) in [5, 5.41) is 1.17. The Labute approximate surface area is 161 Å². The molecule has 6 heteroatoms. The first-order chi connectivity index (χ1) is 12.9. The third kappa shape index (κ3) is 6.05. The first-order valence-electron chi connectivity index (χ1n) is 8.99. The normalized spacial score (nSPS) is 11.8. The molecule has 0 amide bonds. The van der Waals surface area contributed by atoms with Gasteiger partial charge in [-0.05, 0) is 43.3 Å². The molecule has 0 saturated carbocycles. The summed E-state index contributed by atoms with van der Waals surface area (Å²) in [4.78, 5) is 7.01. The van der Waals surface area contributed by atoms with Gasteiger partial charge in [0.1, 0.15) is 0 Å². The Bertz CT molecular complexity index is 1000. The number of aromatic nitrogens is 1. The summed E-state index contributed by atoms with van der Waals surface area (Å²) < 4.78 is 25.0. The zero-order valence-corrected chi connectivity index (χ0v) is 16.5. The number of benzene rings is 2. The lowest BCUT2D eigenvalue weighted by Crippen LogP contribution is -2.24. The van der Waals surface area contributed by atoms with E-state index in [4.69, 9.17) is 4.98 Å². The van der Waals surface area contributed by atoms with E-state index in [-0.39, 0.29) is 0 Å². The van der Waals surface area contributed by atoms with Crippen LogP contribution in [0.5, 0.6) is 0 Å². The Hall–Kier alpha value is -2.44. The highest BCUT2D eigenvalue weighted by molar-refractivity contribution is 7.92. The first kappa shape index (κ1) is 19.3. The highest BCUT2D eigenvalue weighted by Gasteiger charge is 2.04. The second kappa shape index (κ2) is 8.50. The van der Waals surface area contributed by atoms with Gasteiger partial charge in [0, 0.05) is 36.3 Å². The number of fused-ring (bicyclic) bond motifs is 1. The summed E-state index contributed by atoms with van der Waals surface area (Å²) in [7, 11) is -1.12. The molecule has 0 fully saturated rings. The molecule has 1 aromatic heterocycles. The van der Waals surface area contributed by atoms with Crippen molar-refractivity contribution in [1.29, 1.82) is 0 Å². The monoisotopic (exact) mass is 383 g/mol. The second-order valence-corrected chi connectivity index (χ2v) is 8.62. The molecule has 0 aliphatic heterocycles. The number of likely N-dealkylation sites (N-methyl/N-ethyl adjacent to an activating group) is 1. The van der Waals surface area contributed by atoms with E-state index < -0.39 is 10.0 Å². The van der Waals surface area contributed by atoms with Gasteiger partial charge in [-0.3, -0.25) is 9.71 Å². The molecule has 142 valence electrons. The van der Waals surface area contributed by atoms with Gasteiger partial charge in [-0.1, -0.05) is 36.4 Å². The minimum Gasteiger partial charge on any atom is -0.306 e. The number of nitrogens with zero attached hydrogens (tertiary/aromatic N) is 2. The number of rotatable bonds is 8. The highest BCUT2D eigenvalue weighted by atomic mass is 32.2. The van der Waals surface area contributed by atoms with E-state index in [2.05, 4.69) is 34.9 Å². The molecule has 1 heterocycles. The molecule has 0 aliphatic carbocycles. The molecule has 0 spiro atoms. The molecule has 0 aliphatic rings. The van der Waals surface area contributed by atoms with Crippen molar-refractivity contribution in [2.24, 2.45) is 0 Å². The van der Waals surface area contributed by atoms with Gasteiger partial charge >= 0.3 is 0 Å². The van der Waals surface area contributed by atoms with Gasteiger partial charge in [0.05, 0.1) is 11.8 Å². The lowest BCUT2D eigenvalue weighted by atomic mass is 10.1. The maximum Gasteiger partial charge on any atom is 0.229 e. The van der Waals surface area contributed by atoms with Crippen LogP contribution in [-0.2, 0) is 22.9 Å². The van der Waals surface area contributed by atoms with Crippen molar-refractivity contribution >= 4 is 26.6 Å². The lowest BCUT2D eigenvalue weighted by molar-refractivity contribution is 0.342. The van der Waals surface area contributed by atoms with Gasteiger partial charge in [0.2, 0.25) is 10.0 Å². The predicted octanol–water partition coefficient (Wildman–Crippen LogP) is 3.32. The molecule has 0 saturated heterocycles. The van der Waals surface area contributed by atoms with E-state index in [0.29, 0.717) is 5.69 Å². The van der Waals surface area contributed by atoms with Gasteiger partial charge in [-0.25, -0.2) is 8.42 Å². The fraction of sp³-hybridized carbons (Fsp3) is 0.286. The van der Waals surface area contributed by atoms with Crippen LogP contribution < -0.4 is 4.72 Å². The third-order valence-electron chi connectivity index (χ3n) is 4.45. The maximum atomic E-state index is 11.2. The van der Waals surface area contributed by atoms with Crippen LogP contribution in [-0.4, -0.2) is 44.7 Å². The van der Waals surface area contributed by atoms with Gasteiger partial charge in [0.15, 0.2) is 0 Å². The van der Waals surface area contributed by atoms with Crippen LogP contribution in [0.4, 0.5) is 5.69 Å². The van der Waals surface area contributed by atoms with E-state index in [9.17, 15) is 8.42 Å². The minimum atomic E-state index is -3.23. The number of nitrogens with one attached hydrogen (secondary N) is 1. The Morgan fingerprint density at radius 1 is 0.926 bits per heavy atom. The van der Waals surface area contributed by atoms with Crippen molar-refractivity contribution in [1.82, 2.24) is 9.88 Å². The first-order valence-corrected chi connectivity index (χ1v) is 10.9. The molecule has 5 nitrogen and oxygen atoms in total. The minimum absolute atomic E-state index is 0.594. The van der Waals surface area contributed by atoms with Crippen molar-refractivity contribution in [3.05, 3.63) is 71.9 Å². The number of anilines is 1. The van der Waals surface area contributed by atoms with Crippen LogP contribution >= 0.6 is 0 Å². The highest BCUT2D eigenvalue weighted by Crippen LogP contribution is 2.13. The Balaban J connectivity index is 1.48. The fourth-order valence-corrected chi connectivity index (χ4v) is 3.50. The smallest absolute Gasteiger partial charge is 0.229 e. The van der Waals surface area contributed by atoms with Crippen LogP contribution in [0.2, 0.25) is 0 Å². The average Bonchev–Trinajstić information content (AvgIpc) is 2.64. The largest absolute Gasteiger partial charge is 0.306 e. The number of pyridine rings is 1. The maximum absolute atomic E-state index is 11.2. The van der Waals surface area contributed by atoms with E-state index in [1.165, 1.54) is 10.9 Å². The molecule has 27 heavy (non-hydrogen) atoms. The summed E-state index contributed by atoms with van der Waals surface area (Å²) in [6.07, 6.45) is 2.99. The van der Waals surface area contributed by atoms with Crippen LogP contribution in [0, 0.1) is 0 Å². The van der Waals surface area contributed by atoms with Crippen LogP contribution in [0.3, 0.4) is 0 Å². The van der Waals surface area contributed by atoms with Crippen molar-refractivity contribution in [2.75, 3.05) is 31.1 Å². The predicted molar refractivity (Wildman–Crippen MR) is 112 cm³/mol. The molecular formula is C21H25N3O2S. The van der Waals surface area contributed by atoms with Crippen molar-refractivity contribution in [3.63, 3.8) is 0 Å². The zero-order valence-electron chi connectivity index (χ0n) is 15.7. The van der Waals surface area contributed by atoms with E-state index in [1.54, 1.807) is 12.1 Å². The molecular weight excluding hydrogens is 358 g/mol. The Morgan fingerprint density at radius 2 is 1.63 bits per heavy atom.